The zero-order valence-electron chi connectivity index (χ0n) is 17.6. The molecule has 2 atom stereocenters. The highest BCUT2D eigenvalue weighted by atomic mass is 16.7. The van der Waals surface area contributed by atoms with Gasteiger partial charge in [0.05, 0.1) is 13.2 Å². The predicted molar refractivity (Wildman–Crippen MR) is 111 cm³/mol. The van der Waals surface area contributed by atoms with Gasteiger partial charge in [-0.05, 0) is 38.6 Å². The number of carbonyl (C=O) groups excluding carboxylic acids is 1. The van der Waals surface area contributed by atoms with Crippen LogP contribution in [0, 0.1) is 0 Å². The Hall–Kier alpha value is -1.17. The molecule has 27 heavy (non-hydrogen) atoms. The molecule has 1 N–H and O–H groups in total. The molecule has 0 aromatic rings. The van der Waals surface area contributed by atoms with Gasteiger partial charge in [-0.2, -0.15) is 0 Å². The van der Waals surface area contributed by atoms with Crippen molar-refractivity contribution in [2.75, 3.05) is 27.2 Å². The molecule has 0 aliphatic carbocycles. The maximum absolute atomic E-state index is 11.6. The van der Waals surface area contributed by atoms with Gasteiger partial charge in [-0.1, -0.05) is 56.9 Å². The minimum absolute atomic E-state index is 0.0182. The SMILES string of the molecule is CCCCCC(O)C=C[C@H]1CCCCN1CC=CCCCC(=O)N(C)OC. The smallest absolute Gasteiger partial charge is 0.245 e. The first kappa shape index (κ1) is 23.9. The Kier molecular flexibility index (Phi) is 13.1. The standard InChI is InChI=1S/C22H40N2O3/c1-4-5-8-14-21(25)17-16-20-13-10-12-19-24(20)18-11-7-6-9-15-22(26)23(2)27-3/h7,11,16-17,20-21,25H,4-6,8-10,12-15,18-19H2,1-3H3/t20-,21?/m1/s1. The molecule has 0 aromatic heterocycles. The molecule has 1 aliphatic heterocycles. The molecule has 0 bridgehead atoms. The monoisotopic (exact) mass is 380 g/mol. The molecule has 1 rings (SSSR count). The van der Waals surface area contributed by atoms with Crippen LogP contribution in [-0.4, -0.2) is 60.4 Å². The number of amides is 1. The second kappa shape index (κ2) is 14.8. The van der Waals surface area contributed by atoms with Gasteiger partial charge in [0, 0.05) is 26.1 Å². The molecule has 1 heterocycles. The van der Waals surface area contributed by atoms with E-state index >= 15 is 0 Å². The zero-order valence-corrected chi connectivity index (χ0v) is 17.6. The lowest BCUT2D eigenvalue weighted by molar-refractivity contribution is -0.168. The Morgan fingerprint density at radius 1 is 1.30 bits per heavy atom. The Bertz CT molecular complexity index is 451. The van der Waals surface area contributed by atoms with Crippen molar-refractivity contribution in [3.63, 3.8) is 0 Å². The average Bonchev–Trinajstić information content (AvgIpc) is 2.69. The molecule has 5 heteroatoms. The van der Waals surface area contributed by atoms with E-state index in [9.17, 15) is 9.90 Å². The van der Waals surface area contributed by atoms with E-state index in [0.29, 0.717) is 12.5 Å². The molecule has 0 spiro atoms. The number of hydroxylamine groups is 2. The van der Waals surface area contributed by atoms with Crippen LogP contribution in [0.5, 0.6) is 0 Å². The first-order chi connectivity index (χ1) is 13.1. The summed E-state index contributed by atoms with van der Waals surface area (Å²) in [5, 5.41) is 11.4. The number of allylic oxidation sites excluding steroid dienone is 1. The number of unbranched alkanes of at least 4 members (excludes halogenated alkanes) is 3. The van der Waals surface area contributed by atoms with Crippen molar-refractivity contribution in [1.29, 1.82) is 0 Å². The van der Waals surface area contributed by atoms with Crippen molar-refractivity contribution in [3.05, 3.63) is 24.3 Å². The van der Waals surface area contributed by atoms with E-state index in [1.54, 1.807) is 7.05 Å². The number of hydrogen-bond acceptors (Lipinski definition) is 4. The molecular formula is C22H40N2O3. The van der Waals surface area contributed by atoms with E-state index in [1.165, 1.54) is 44.3 Å². The van der Waals surface area contributed by atoms with Crippen LogP contribution in [-0.2, 0) is 9.63 Å². The van der Waals surface area contributed by atoms with Gasteiger partial charge in [-0.15, -0.1) is 0 Å². The third-order valence-electron chi connectivity index (χ3n) is 5.22. The van der Waals surface area contributed by atoms with Crippen LogP contribution in [0.15, 0.2) is 24.3 Å². The molecule has 1 fully saturated rings. The Balaban J connectivity index is 2.31. The van der Waals surface area contributed by atoms with Crippen molar-refractivity contribution >= 4 is 5.91 Å². The first-order valence-corrected chi connectivity index (χ1v) is 10.6. The summed E-state index contributed by atoms with van der Waals surface area (Å²) in [5.41, 5.74) is 0. The number of aliphatic hydroxyl groups is 1. The van der Waals surface area contributed by atoms with Gasteiger partial charge in [0.25, 0.3) is 0 Å². The summed E-state index contributed by atoms with van der Waals surface area (Å²) in [6.07, 6.45) is 18.6. The lowest BCUT2D eigenvalue weighted by Crippen LogP contribution is -2.38. The Morgan fingerprint density at radius 2 is 2.11 bits per heavy atom. The maximum Gasteiger partial charge on any atom is 0.245 e. The van der Waals surface area contributed by atoms with Gasteiger partial charge in [0.1, 0.15) is 0 Å². The number of nitrogens with zero attached hydrogens (tertiary/aromatic N) is 2. The average molecular weight is 381 g/mol. The molecule has 156 valence electrons. The lowest BCUT2D eigenvalue weighted by atomic mass is 10.0. The number of rotatable bonds is 13. The summed E-state index contributed by atoms with van der Waals surface area (Å²) >= 11 is 0. The van der Waals surface area contributed by atoms with Crippen LogP contribution in [0.4, 0.5) is 0 Å². The van der Waals surface area contributed by atoms with Gasteiger partial charge >= 0.3 is 0 Å². The number of hydrogen-bond donors (Lipinski definition) is 1. The molecule has 1 aliphatic rings. The van der Waals surface area contributed by atoms with Crippen molar-refractivity contribution in [1.82, 2.24) is 9.96 Å². The fourth-order valence-corrected chi connectivity index (χ4v) is 3.38. The maximum atomic E-state index is 11.6. The fourth-order valence-electron chi connectivity index (χ4n) is 3.38. The van der Waals surface area contributed by atoms with Crippen molar-refractivity contribution in [3.8, 4) is 0 Å². The summed E-state index contributed by atoms with van der Waals surface area (Å²) in [5.74, 6) is 0.0182. The minimum atomic E-state index is -0.307. The third-order valence-corrected chi connectivity index (χ3v) is 5.22. The van der Waals surface area contributed by atoms with Crippen LogP contribution >= 0.6 is 0 Å². The van der Waals surface area contributed by atoms with Crippen molar-refractivity contribution in [2.24, 2.45) is 0 Å². The van der Waals surface area contributed by atoms with Gasteiger partial charge in [0.2, 0.25) is 5.91 Å². The molecule has 1 saturated heterocycles. The van der Waals surface area contributed by atoms with Gasteiger partial charge < -0.3 is 5.11 Å². The van der Waals surface area contributed by atoms with Gasteiger partial charge in [0.15, 0.2) is 0 Å². The molecule has 0 aromatic carbocycles. The number of likely N-dealkylation sites (tertiary alicyclic amines) is 1. The molecule has 0 saturated carbocycles. The highest BCUT2D eigenvalue weighted by Gasteiger charge is 2.19. The highest BCUT2D eigenvalue weighted by molar-refractivity contribution is 5.74. The number of piperidine rings is 1. The number of aliphatic hydroxyl groups excluding tert-OH is 1. The highest BCUT2D eigenvalue weighted by Crippen LogP contribution is 2.18. The van der Waals surface area contributed by atoms with E-state index in [4.69, 9.17) is 4.84 Å². The quantitative estimate of drug-likeness (QED) is 0.297. The van der Waals surface area contributed by atoms with Crippen LogP contribution in [0.25, 0.3) is 0 Å². The second-order valence-corrected chi connectivity index (χ2v) is 7.44. The zero-order chi connectivity index (χ0) is 19.9. The van der Waals surface area contributed by atoms with E-state index in [1.807, 2.05) is 6.08 Å². The molecular weight excluding hydrogens is 340 g/mol. The normalized spacial score (nSPS) is 19.8. The van der Waals surface area contributed by atoms with Gasteiger partial charge in [-0.25, -0.2) is 5.06 Å². The number of carbonyl (C=O) groups is 1. The molecule has 1 amide bonds. The minimum Gasteiger partial charge on any atom is -0.389 e. The summed E-state index contributed by atoms with van der Waals surface area (Å²) in [6, 6.07) is 0.432. The Labute approximate surface area is 166 Å². The summed E-state index contributed by atoms with van der Waals surface area (Å²) in [4.78, 5) is 19.0. The van der Waals surface area contributed by atoms with E-state index in [2.05, 4.69) is 30.1 Å². The van der Waals surface area contributed by atoms with Crippen molar-refractivity contribution in [2.45, 2.75) is 83.3 Å². The van der Waals surface area contributed by atoms with E-state index < -0.39 is 0 Å². The van der Waals surface area contributed by atoms with E-state index in [-0.39, 0.29) is 12.0 Å². The van der Waals surface area contributed by atoms with Crippen LogP contribution < -0.4 is 0 Å². The van der Waals surface area contributed by atoms with Crippen LogP contribution in [0.2, 0.25) is 0 Å². The fraction of sp³-hybridized carbons (Fsp3) is 0.773. The van der Waals surface area contributed by atoms with Gasteiger partial charge in [-0.3, -0.25) is 14.5 Å². The third kappa shape index (κ3) is 10.7. The van der Waals surface area contributed by atoms with Crippen LogP contribution in [0.1, 0.15) is 71.1 Å². The van der Waals surface area contributed by atoms with Crippen molar-refractivity contribution < 1.29 is 14.7 Å². The van der Waals surface area contributed by atoms with E-state index in [0.717, 1.165) is 38.8 Å². The summed E-state index contributed by atoms with van der Waals surface area (Å²) < 4.78 is 0. The molecule has 0 radical (unpaired) electrons. The summed E-state index contributed by atoms with van der Waals surface area (Å²) in [6.45, 7) is 4.24. The first-order valence-electron chi connectivity index (χ1n) is 10.6. The van der Waals surface area contributed by atoms with Crippen LogP contribution in [0.3, 0.4) is 0 Å². The summed E-state index contributed by atoms with van der Waals surface area (Å²) in [7, 11) is 3.15. The largest absolute Gasteiger partial charge is 0.389 e. The Morgan fingerprint density at radius 3 is 2.85 bits per heavy atom. The molecule has 5 nitrogen and oxygen atoms in total. The lowest BCUT2D eigenvalue weighted by Gasteiger charge is -2.33. The second-order valence-electron chi connectivity index (χ2n) is 7.44. The predicted octanol–water partition coefficient (Wildman–Crippen LogP) is 4.08. The molecule has 1 unspecified atom stereocenters. The topological polar surface area (TPSA) is 53.0 Å².